The highest BCUT2D eigenvalue weighted by molar-refractivity contribution is 6.11. The van der Waals surface area contributed by atoms with E-state index in [1.165, 1.54) is 24.1 Å². The SMILES string of the molecule is COc1cc(C(=O)N(C)C)ccc1-c1nccc2c1CN(c1ccc(F)cc1)C2=O. The smallest absolute Gasteiger partial charge is 0.259 e. The summed E-state index contributed by atoms with van der Waals surface area (Å²) in [4.78, 5) is 32.8. The second kappa shape index (κ2) is 7.59. The van der Waals surface area contributed by atoms with Crippen molar-refractivity contribution in [3.63, 3.8) is 0 Å². The zero-order valence-corrected chi connectivity index (χ0v) is 16.8. The zero-order valence-electron chi connectivity index (χ0n) is 16.8. The predicted octanol–water partition coefficient (Wildman–Crippen LogP) is 3.76. The number of carbonyl (C=O) groups is 2. The van der Waals surface area contributed by atoms with Crippen molar-refractivity contribution in [2.75, 3.05) is 26.1 Å². The molecule has 4 rings (SSSR count). The van der Waals surface area contributed by atoms with Gasteiger partial charge in [-0.1, -0.05) is 0 Å². The summed E-state index contributed by atoms with van der Waals surface area (Å²) >= 11 is 0. The highest BCUT2D eigenvalue weighted by Gasteiger charge is 2.32. The molecule has 3 aromatic rings. The summed E-state index contributed by atoms with van der Waals surface area (Å²) in [6, 6.07) is 12.7. The normalized spacial score (nSPS) is 12.7. The zero-order chi connectivity index (χ0) is 21.4. The van der Waals surface area contributed by atoms with Crippen LogP contribution in [-0.4, -0.2) is 42.9 Å². The number of pyridine rings is 1. The van der Waals surface area contributed by atoms with Crippen molar-refractivity contribution in [1.29, 1.82) is 0 Å². The molecule has 0 radical (unpaired) electrons. The van der Waals surface area contributed by atoms with E-state index in [0.29, 0.717) is 40.4 Å². The molecule has 1 aliphatic rings. The van der Waals surface area contributed by atoms with Crippen LogP contribution in [0.5, 0.6) is 5.75 Å². The Balaban J connectivity index is 1.77. The fraction of sp³-hybridized carbons (Fsp3) is 0.174. The Labute approximate surface area is 173 Å². The third-order valence-corrected chi connectivity index (χ3v) is 5.10. The lowest BCUT2D eigenvalue weighted by Gasteiger charge is -2.16. The van der Waals surface area contributed by atoms with Crippen LogP contribution in [0.25, 0.3) is 11.3 Å². The molecule has 30 heavy (non-hydrogen) atoms. The molecule has 0 saturated carbocycles. The Morgan fingerprint density at radius 2 is 1.83 bits per heavy atom. The van der Waals surface area contributed by atoms with Gasteiger partial charge in [-0.15, -0.1) is 0 Å². The number of benzene rings is 2. The Kier molecular flexibility index (Phi) is 4.95. The van der Waals surface area contributed by atoms with Crippen molar-refractivity contribution in [2.24, 2.45) is 0 Å². The minimum Gasteiger partial charge on any atom is -0.496 e. The maximum Gasteiger partial charge on any atom is 0.259 e. The standard InChI is InChI=1S/C23H20FN3O3/c1-26(2)22(28)14-4-9-18(20(12-14)30-3)21-19-13-27(16-7-5-15(24)6-8-16)23(29)17(19)10-11-25-21/h4-12H,13H2,1-3H3. The maximum atomic E-state index is 13.3. The average molecular weight is 405 g/mol. The summed E-state index contributed by atoms with van der Waals surface area (Å²) < 4.78 is 18.8. The molecule has 1 aliphatic heterocycles. The largest absolute Gasteiger partial charge is 0.496 e. The minimum atomic E-state index is -0.359. The molecule has 0 spiro atoms. The summed E-state index contributed by atoms with van der Waals surface area (Å²) in [7, 11) is 4.90. The van der Waals surface area contributed by atoms with Crippen molar-refractivity contribution in [2.45, 2.75) is 6.54 Å². The molecule has 0 atom stereocenters. The molecule has 152 valence electrons. The molecule has 6 nitrogen and oxygen atoms in total. The van der Waals surface area contributed by atoms with Crippen LogP contribution in [0.3, 0.4) is 0 Å². The fourth-order valence-corrected chi connectivity index (χ4v) is 3.57. The van der Waals surface area contributed by atoms with Crippen LogP contribution in [0.4, 0.5) is 10.1 Å². The molecule has 0 bridgehead atoms. The number of halogens is 1. The fourth-order valence-electron chi connectivity index (χ4n) is 3.57. The van der Waals surface area contributed by atoms with Gasteiger partial charge in [0.25, 0.3) is 11.8 Å². The second-order valence-electron chi connectivity index (χ2n) is 7.17. The second-order valence-corrected chi connectivity index (χ2v) is 7.17. The molecule has 2 heterocycles. The quantitative estimate of drug-likeness (QED) is 0.663. The van der Waals surface area contributed by atoms with E-state index in [4.69, 9.17) is 4.74 Å². The average Bonchev–Trinajstić information content (AvgIpc) is 3.10. The number of methoxy groups -OCH3 is 1. The van der Waals surface area contributed by atoms with Crippen LogP contribution in [0.2, 0.25) is 0 Å². The van der Waals surface area contributed by atoms with E-state index in [1.54, 1.807) is 61.6 Å². The molecule has 2 aromatic carbocycles. The van der Waals surface area contributed by atoms with Gasteiger partial charge < -0.3 is 14.5 Å². The highest BCUT2D eigenvalue weighted by Crippen LogP contribution is 2.37. The van der Waals surface area contributed by atoms with Gasteiger partial charge in [-0.3, -0.25) is 14.6 Å². The van der Waals surface area contributed by atoms with Crippen LogP contribution in [0.15, 0.2) is 54.7 Å². The molecular weight excluding hydrogens is 385 g/mol. The third kappa shape index (κ3) is 3.28. The third-order valence-electron chi connectivity index (χ3n) is 5.10. The number of hydrogen-bond donors (Lipinski definition) is 0. The number of anilines is 1. The van der Waals surface area contributed by atoms with Crippen molar-refractivity contribution in [3.05, 3.63) is 77.2 Å². The van der Waals surface area contributed by atoms with Gasteiger partial charge in [0.1, 0.15) is 11.6 Å². The molecule has 0 unspecified atom stereocenters. The number of rotatable bonds is 4. The molecule has 0 fully saturated rings. The molecule has 2 amide bonds. The van der Waals surface area contributed by atoms with E-state index in [9.17, 15) is 14.0 Å². The minimum absolute atomic E-state index is 0.135. The van der Waals surface area contributed by atoms with E-state index in [0.717, 1.165) is 5.56 Å². The topological polar surface area (TPSA) is 62.7 Å². The van der Waals surface area contributed by atoms with E-state index in [-0.39, 0.29) is 17.6 Å². The molecule has 0 saturated heterocycles. The van der Waals surface area contributed by atoms with Gasteiger partial charge in [-0.2, -0.15) is 0 Å². The van der Waals surface area contributed by atoms with Crippen molar-refractivity contribution in [3.8, 4) is 17.0 Å². The van der Waals surface area contributed by atoms with Gasteiger partial charge in [0.05, 0.1) is 19.3 Å². The maximum absolute atomic E-state index is 13.3. The van der Waals surface area contributed by atoms with Crippen LogP contribution in [-0.2, 0) is 6.54 Å². The summed E-state index contributed by atoms with van der Waals surface area (Å²) in [6.45, 7) is 0.310. The first-order chi connectivity index (χ1) is 14.4. The molecule has 0 N–H and O–H groups in total. The predicted molar refractivity (Wildman–Crippen MR) is 111 cm³/mol. The molecule has 7 heteroatoms. The number of aromatic nitrogens is 1. The lowest BCUT2D eigenvalue weighted by molar-refractivity contribution is 0.0827. The Morgan fingerprint density at radius 1 is 1.10 bits per heavy atom. The van der Waals surface area contributed by atoms with E-state index >= 15 is 0 Å². The number of nitrogens with zero attached hydrogens (tertiary/aromatic N) is 3. The number of carbonyl (C=O) groups excluding carboxylic acids is 2. The van der Waals surface area contributed by atoms with Crippen LogP contribution >= 0.6 is 0 Å². The Morgan fingerprint density at radius 3 is 2.50 bits per heavy atom. The van der Waals surface area contributed by atoms with Crippen LogP contribution < -0.4 is 9.64 Å². The van der Waals surface area contributed by atoms with Gasteiger partial charge in [0.15, 0.2) is 0 Å². The van der Waals surface area contributed by atoms with Gasteiger partial charge >= 0.3 is 0 Å². The Hall–Kier alpha value is -3.74. The van der Waals surface area contributed by atoms with E-state index in [2.05, 4.69) is 4.98 Å². The Bertz CT molecular complexity index is 1140. The van der Waals surface area contributed by atoms with E-state index in [1.807, 2.05) is 0 Å². The molecule has 1 aromatic heterocycles. The summed E-state index contributed by atoms with van der Waals surface area (Å²) in [5.41, 5.74) is 3.72. The van der Waals surface area contributed by atoms with E-state index < -0.39 is 0 Å². The number of fused-ring (bicyclic) bond motifs is 1. The lowest BCUT2D eigenvalue weighted by Crippen LogP contribution is -2.22. The monoisotopic (exact) mass is 405 g/mol. The first-order valence-electron chi connectivity index (χ1n) is 9.36. The molecular formula is C23H20FN3O3. The van der Waals surface area contributed by atoms with Gasteiger partial charge in [-0.25, -0.2) is 4.39 Å². The lowest BCUT2D eigenvalue weighted by atomic mass is 10.0. The first kappa shape index (κ1) is 19.6. The van der Waals surface area contributed by atoms with Crippen LogP contribution in [0, 0.1) is 5.82 Å². The van der Waals surface area contributed by atoms with Gasteiger partial charge in [0, 0.05) is 48.2 Å². The first-order valence-corrected chi connectivity index (χ1v) is 9.36. The van der Waals surface area contributed by atoms with Gasteiger partial charge in [0.2, 0.25) is 0 Å². The van der Waals surface area contributed by atoms with Crippen molar-refractivity contribution >= 4 is 17.5 Å². The molecule has 0 aliphatic carbocycles. The van der Waals surface area contributed by atoms with Crippen LogP contribution in [0.1, 0.15) is 26.3 Å². The summed E-state index contributed by atoms with van der Waals surface area (Å²) in [6.07, 6.45) is 1.58. The number of hydrogen-bond acceptors (Lipinski definition) is 4. The number of amides is 2. The van der Waals surface area contributed by atoms with Gasteiger partial charge in [-0.05, 0) is 48.5 Å². The van der Waals surface area contributed by atoms with Crippen molar-refractivity contribution in [1.82, 2.24) is 9.88 Å². The highest BCUT2D eigenvalue weighted by atomic mass is 19.1. The number of ether oxygens (including phenoxy) is 1. The van der Waals surface area contributed by atoms with Crippen molar-refractivity contribution < 1.29 is 18.7 Å². The summed E-state index contributed by atoms with van der Waals surface area (Å²) in [5.74, 6) is -0.166. The summed E-state index contributed by atoms with van der Waals surface area (Å²) in [5, 5.41) is 0.